The minimum atomic E-state index is 0.0553. The van der Waals surface area contributed by atoms with Gasteiger partial charge in [-0.25, -0.2) is 0 Å². The van der Waals surface area contributed by atoms with E-state index in [1.54, 1.807) is 11.1 Å². The van der Waals surface area contributed by atoms with Crippen LogP contribution in [0.15, 0.2) is 36.4 Å². The zero-order valence-electron chi connectivity index (χ0n) is 21.5. The molecule has 0 heteroatoms. The lowest BCUT2D eigenvalue weighted by molar-refractivity contribution is 0.482. The van der Waals surface area contributed by atoms with Gasteiger partial charge < -0.3 is 0 Å². The molecule has 0 atom stereocenters. The Bertz CT molecular complexity index is 1010. The van der Waals surface area contributed by atoms with Crippen LogP contribution < -0.4 is 0 Å². The molecule has 0 aliphatic rings. The predicted molar refractivity (Wildman–Crippen MR) is 136 cm³/mol. The summed E-state index contributed by atoms with van der Waals surface area (Å²) in [5.74, 6) is 0. The van der Waals surface area contributed by atoms with Gasteiger partial charge in [-0.05, 0) is 77.6 Å². The number of benzene rings is 3. The van der Waals surface area contributed by atoms with Crippen molar-refractivity contribution in [1.29, 1.82) is 0 Å². The van der Waals surface area contributed by atoms with Crippen LogP contribution in [-0.4, -0.2) is 0 Å². The lowest BCUT2D eigenvalue weighted by Gasteiger charge is -2.42. The zero-order valence-corrected chi connectivity index (χ0v) is 21.5. The zero-order chi connectivity index (χ0) is 22.9. The highest BCUT2D eigenvalue weighted by Gasteiger charge is 2.38. The molecular formula is C30H42. The normalized spacial score (nSPS) is 14.0. The first-order valence-corrected chi connectivity index (χ1v) is 11.5. The molecule has 0 fully saturated rings. The Labute approximate surface area is 185 Å². The lowest BCUT2D eigenvalue weighted by Crippen LogP contribution is -2.32. The Hall–Kier alpha value is -1.82. The fourth-order valence-corrected chi connectivity index (χ4v) is 5.23. The summed E-state index contributed by atoms with van der Waals surface area (Å²) in [5, 5.41) is 5.53. The SMILES string of the molecule is CC(C)(C)c1c(C(C)(C)C)c(C(C)(C)C)c2cc3ccccc3cc2c1C(C)(C)C. The summed E-state index contributed by atoms with van der Waals surface area (Å²) in [4.78, 5) is 0. The topological polar surface area (TPSA) is 0 Å². The minimum absolute atomic E-state index is 0.0553. The fraction of sp³-hybridized carbons (Fsp3) is 0.533. The average Bonchev–Trinajstić information content (AvgIpc) is 2.54. The Morgan fingerprint density at radius 1 is 0.400 bits per heavy atom. The lowest BCUT2D eigenvalue weighted by atomic mass is 9.62. The first kappa shape index (κ1) is 22.9. The molecule has 0 saturated heterocycles. The Morgan fingerprint density at radius 3 is 0.900 bits per heavy atom. The molecule has 0 N–H and O–H groups in total. The van der Waals surface area contributed by atoms with E-state index in [1.165, 1.54) is 32.7 Å². The quantitative estimate of drug-likeness (QED) is 0.329. The molecule has 3 aromatic carbocycles. The molecule has 0 nitrogen and oxygen atoms in total. The molecule has 0 aromatic heterocycles. The van der Waals surface area contributed by atoms with E-state index in [2.05, 4.69) is 119 Å². The molecule has 0 saturated carbocycles. The molecule has 3 rings (SSSR count). The van der Waals surface area contributed by atoms with Crippen LogP contribution in [0.2, 0.25) is 0 Å². The molecule has 0 unspecified atom stereocenters. The van der Waals surface area contributed by atoms with Crippen LogP contribution >= 0.6 is 0 Å². The van der Waals surface area contributed by atoms with Gasteiger partial charge in [0.25, 0.3) is 0 Å². The molecule has 3 aromatic rings. The van der Waals surface area contributed by atoms with E-state index < -0.39 is 0 Å². The van der Waals surface area contributed by atoms with Gasteiger partial charge in [0.15, 0.2) is 0 Å². The highest BCUT2D eigenvalue weighted by Crippen LogP contribution is 2.50. The number of rotatable bonds is 0. The van der Waals surface area contributed by atoms with E-state index in [4.69, 9.17) is 0 Å². The minimum Gasteiger partial charge on any atom is -0.0616 e. The van der Waals surface area contributed by atoms with Gasteiger partial charge in [-0.3, -0.25) is 0 Å². The second-order valence-electron chi connectivity index (χ2n) is 13.2. The summed E-state index contributed by atoms with van der Waals surface area (Å²) in [6, 6.07) is 13.7. The Kier molecular flexibility index (Phi) is 5.21. The standard InChI is InChI=1S/C30H42/c1-27(2,3)23-21-17-19-15-13-14-16-20(19)18-22(21)24(28(4,5)6)26(30(10,11)12)25(23)29(7,8)9/h13-18H,1-12H3. The van der Waals surface area contributed by atoms with Crippen LogP contribution in [-0.2, 0) is 21.7 Å². The Balaban J connectivity index is 2.81. The number of hydrogen-bond acceptors (Lipinski definition) is 0. The van der Waals surface area contributed by atoms with Gasteiger partial charge in [0, 0.05) is 0 Å². The molecule has 0 spiro atoms. The number of fused-ring (bicyclic) bond motifs is 2. The Morgan fingerprint density at radius 2 is 0.667 bits per heavy atom. The summed E-state index contributed by atoms with van der Waals surface area (Å²) >= 11 is 0. The van der Waals surface area contributed by atoms with Crippen molar-refractivity contribution in [2.45, 2.75) is 105 Å². The molecule has 0 aliphatic carbocycles. The first-order valence-electron chi connectivity index (χ1n) is 11.5. The smallest absolute Gasteiger partial charge is 0.0123 e. The highest BCUT2D eigenvalue weighted by atomic mass is 14.4. The molecule has 0 aliphatic heterocycles. The summed E-state index contributed by atoms with van der Waals surface area (Å²) in [7, 11) is 0. The summed E-state index contributed by atoms with van der Waals surface area (Å²) in [6.07, 6.45) is 0. The molecular weight excluding hydrogens is 360 g/mol. The molecule has 30 heavy (non-hydrogen) atoms. The largest absolute Gasteiger partial charge is 0.0616 e. The van der Waals surface area contributed by atoms with Gasteiger partial charge in [0.1, 0.15) is 0 Å². The predicted octanol–water partition coefficient (Wildman–Crippen LogP) is 9.18. The van der Waals surface area contributed by atoms with Crippen molar-refractivity contribution in [1.82, 2.24) is 0 Å². The van der Waals surface area contributed by atoms with Crippen LogP contribution in [0.4, 0.5) is 0 Å². The van der Waals surface area contributed by atoms with Crippen LogP contribution in [0.25, 0.3) is 21.5 Å². The van der Waals surface area contributed by atoms with Crippen LogP contribution in [0.1, 0.15) is 105 Å². The van der Waals surface area contributed by atoms with Crippen molar-refractivity contribution in [3.8, 4) is 0 Å². The van der Waals surface area contributed by atoms with Crippen molar-refractivity contribution in [3.63, 3.8) is 0 Å². The average molecular weight is 403 g/mol. The molecule has 0 radical (unpaired) electrons. The molecule has 0 heterocycles. The fourth-order valence-electron chi connectivity index (χ4n) is 5.23. The van der Waals surface area contributed by atoms with Gasteiger partial charge in [-0.2, -0.15) is 0 Å². The summed E-state index contributed by atoms with van der Waals surface area (Å²) < 4.78 is 0. The molecule has 0 amide bonds. The van der Waals surface area contributed by atoms with Gasteiger partial charge in [-0.1, -0.05) is 107 Å². The summed E-state index contributed by atoms with van der Waals surface area (Å²) in [5.41, 5.74) is 6.38. The van der Waals surface area contributed by atoms with Crippen molar-refractivity contribution >= 4 is 21.5 Å². The maximum atomic E-state index is 2.46. The van der Waals surface area contributed by atoms with Gasteiger partial charge in [0.2, 0.25) is 0 Å². The first-order chi connectivity index (χ1) is 13.4. The van der Waals surface area contributed by atoms with E-state index in [-0.39, 0.29) is 21.7 Å². The van der Waals surface area contributed by atoms with Gasteiger partial charge in [-0.15, -0.1) is 0 Å². The van der Waals surface area contributed by atoms with Crippen molar-refractivity contribution < 1.29 is 0 Å². The molecule has 162 valence electrons. The monoisotopic (exact) mass is 402 g/mol. The summed E-state index contributed by atoms with van der Waals surface area (Å²) in [6.45, 7) is 28.7. The van der Waals surface area contributed by atoms with Gasteiger partial charge >= 0.3 is 0 Å². The van der Waals surface area contributed by atoms with E-state index in [0.717, 1.165) is 0 Å². The second kappa shape index (κ2) is 6.84. The molecule has 0 bridgehead atoms. The van der Waals surface area contributed by atoms with E-state index >= 15 is 0 Å². The van der Waals surface area contributed by atoms with E-state index in [9.17, 15) is 0 Å². The highest BCUT2D eigenvalue weighted by molar-refractivity contribution is 6.03. The maximum absolute atomic E-state index is 2.46. The van der Waals surface area contributed by atoms with E-state index in [0.29, 0.717) is 0 Å². The number of hydrogen-bond donors (Lipinski definition) is 0. The van der Waals surface area contributed by atoms with Crippen molar-refractivity contribution in [2.75, 3.05) is 0 Å². The maximum Gasteiger partial charge on any atom is -0.0123 e. The van der Waals surface area contributed by atoms with Gasteiger partial charge in [0.05, 0.1) is 0 Å². The second-order valence-corrected chi connectivity index (χ2v) is 13.2. The van der Waals surface area contributed by atoms with Crippen molar-refractivity contribution in [3.05, 3.63) is 58.7 Å². The van der Waals surface area contributed by atoms with Crippen LogP contribution in [0.5, 0.6) is 0 Å². The third-order valence-electron chi connectivity index (χ3n) is 6.17. The third kappa shape index (κ3) is 3.91. The van der Waals surface area contributed by atoms with Crippen LogP contribution in [0, 0.1) is 0 Å². The van der Waals surface area contributed by atoms with E-state index in [1.807, 2.05) is 0 Å². The van der Waals surface area contributed by atoms with Crippen LogP contribution in [0.3, 0.4) is 0 Å². The van der Waals surface area contributed by atoms with Crippen molar-refractivity contribution in [2.24, 2.45) is 0 Å². The third-order valence-corrected chi connectivity index (χ3v) is 6.17.